The molecular weight excluding hydrogens is 414 g/mol. The third kappa shape index (κ3) is 4.68. The van der Waals surface area contributed by atoms with Crippen LogP contribution in [0.4, 0.5) is 0 Å². The van der Waals surface area contributed by atoms with Crippen LogP contribution >= 0.6 is 0 Å². The van der Waals surface area contributed by atoms with Crippen molar-refractivity contribution in [1.29, 1.82) is 0 Å². The smallest absolute Gasteiger partial charge is 0.252 e. The second-order valence-corrected chi connectivity index (χ2v) is 9.54. The Kier molecular flexibility index (Phi) is 6.21. The molecule has 0 bridgehead atoms. The second kappa shape index (κ2) is 9.27. The molecule has 33 heavy (non-hydrogen) atoms. The van der Waals surface area contributed by atoms with Gasteiger partial charge in [-0.25, -0.2) is 0 Å². The Bertz CT molecular complexity index is 1160. The van der Waals surface area contributed by atoms with Crippen molar-refractivity contribution in [3.63, 3.8) is 0 Å². The molecule has 2 aromatic carbocycles. The van der Waals surface area contributed by atoms with E-state index in [9.17, 15) is 4.79 Å². The van der Waals surface area contributed by atoms with Gasteiger partial charge in [-0.3, -0.25) is 14.6 Å². The number of benzene rings is 2. The number of hydrogen-bond acceptors (Lipinski definition) is 5. The predicted molar refractivity (Wildman–Crippen MR) is 131 cm³/mol. The molecule has 1 amide bonds. The molecule has 2 aliphatic rings. The number of fused-ring (bicyclic) bond motifs is 2. The molecule has 0 saturated carbocycles. The van der Waals surface area contributed by atoms with E-state index in [1.165, 1.54) is 16.5 Å². The number of amides is 1. The van der Waals surface area contributed by atoms with Gasteiger partial charge < -0.3 is 20.3 Å². The van der Waals surface area contributed by atoms with Gasteiger partial charge in [0.25, 0.3) is 5.91 Å². The first-order chi connectivity index (χ1) is 16.0. The lowest BCUT2D eigenvalue weighted by Gasteiger charge is -2.34. The summed E-state index contributed by atoms with van der Waals surface area (Å²) in [6.07, 6.45) is 0. The molecule has 174 valence electrons. The maximum absolute atomic E-state index is 12.6. The van der Waals surface area contributed by atoms with E-state index in [2.05, 4.69) is 75.5 Å². The summed E-state index contributed by atoms with van der Waals surface area (Å²) in [4.78, 5) is 23.1. The molecule has 3 heterocycles. The van der Waals surface area contributed by atoms with Gasteiger partial charge in [-0.1, -0.05) is 12.1 Å². The minimum atomic E-state index is 0.0103. The lowest BCUT2D eigenvalue weighted by molar-refractivity contribution is 0.0966. The zero-order valence-electron chi connectivity index (χ0n) is 19.5. The summed E-state index contributed by atoms with van der Waals surface area (Å²) in [7, 11) is 4.13. The molecular formula is C26H33N5O2. The van der Waals surface area contributed by atoms with Gasteiger partial charge >= 0.3 is 0 Å². The van der Waals surface area contributed by atoms with Gasteiger partial charge in [0.05, 0.1) is 12.2 Å². The highest BCUT2D eigenvalue weighted by Gasteiger charge is 2.25. The fraction of sp³-hybridized carbons (Fsp3) is 0.423. The largest absolute Gasteiger partial charge is 0.395 e. The first-order valence-electron chi connectivity index (χ1n) is 11.8. The molecule has 0 atom stereocenters. The summed E-state index contributed by atoms with van der Waals surface area (Å²) >= 11 is 0. The molecule has 0 radical (unpaired) electrons. The molecule has 7 nitrogen and oxygen atoms in total. The number of carbonyl (C=O) groups is 1. The molecule has 1 aromatic heterocycles. The van der Waals surface area contributed by atoms with Crippen LogP contribution in [-0.2, 0) is 19.6 Å². The van der Waals surface area contributed by atoms with Crippen LogP contribution in [0, 0.1) is 0 Å². The lowest BCUT2D eigenvalue weighted by atomic mass is 9.97. The normalized spacial score (nSPS) is 17.2. The lowest BCUT2D eigenvalue weighted by Crippen LogP contribution is -2.46. The number of aromatic nitrogens is 1. The summed E-state index contributed by atoms with van der Waals surface area (Å²) in [6.45, 7) is 7.43. The van der Waals surface area contributed by atoms with Gasteiger partial charge in [0, 0.05) is 74.5 Å². The molecule has 0 spiro atoms. The number of H-pyrrole nitrogens is 1. The van der Waals surface area contributed by atoms with Crippen LogP contribution < -0.4 is 5.32 Å². The van der Waals surface area contributed by atoms with E-state index >= 15 is 0 Å². The van der Waals surface area contributed by atoms with Gasteiger partial charge in [0.2, 0.25) is 0 Å². The first kappa shape index (κ1) is 22.1. The van der Waals surface area contributed by atoms with E-state index in [0.717, 1.165) is 73.7 Å². The summed E-state index contributed by atoms with van der Waals surface area (Å²) in [6, 6.07) is 13.1. The number of hydrogen-bond donors (Lipinski definition) is 3. The zero-order chi connectivity index (χ0) is 22.9. The Labute approximate surface area is 195 Å². The van der Waals surface area contributed by atoms with E-state index in [0.29, 0.717) is 6.54 Å². The molecule has 3 aromatic rings. The molecule has 1 fully saturated rings. The number of aliphatic hydroxyl groups excluding tert-OH is 1. The summed E-state index contributed by atoms with van der Waals surface area (Å²) in [5, 5.41) is 13.3. The van der Waals surface area contributed by atoms with E-state index in [-0.39, 0.29) is 12.5 Å². The van der Waals surface area contributed by atoms with Crippen molar-refractivity contribution < 1.29 is 9.90 Å². The summed E-state index contributed by atoms with van der Waals surface area (Å²) < 4.78 is 0. The maximum Gasteiger partial charge on any atom is 0.252 e. The van der Waals surface area contributed by atoms with Crippen molar-refractivity contribution in [2.75, 3.05) is 53.4 Å². The Morgan fingerprint density at radius 1 is 1.00 bits per heavy atom. The van der Waals surface area contributed by atoms with Gasteiger partial charge in [-0.05, 0) is 55.1 Å². The molecule has 2 aliphatic heterocycles. The van der Waals surface area contributed by atoms with E-state index in [4.69, 9.17) is 5.11 Å². The monoisotopic (exact) mass is 447 g/mol. The highest BCUT2D eigenvalue weighted by Crippen LogP contribution is 2.33. The average Bonchev–Trinajstić information content (AvgIpc) is 3.38. The zero-order valence-corrected chi connectivity index (χ0v) is 19.5. The Balaban J connectivity index is 1.40. The van der Waals surface area contributed by atoms with E-state index in [1.54, 1.807) is 0 Å². The number of nitrogens with one attached hydrogen (secondary N) is 2. The Hall–Kier alpha value is -2.71. The van der Waals surface area contributed by atoms with Crippen LogP contribution in [0.2, 0.25) is 0 Å². The SMILES string of the molecule is CN(C)Cc1cc2c(c(-c3cc4cc(CN5CCN(CCO)CC5)ccc4[nH]3)c1)C(=O)NC2. The highest BCUT2D eigenvalue weighted by molar-refractivity contribution is 6.05. The Morgan fingerprint density at radius 3 is 2.55 bits per heavy atom. The van der Waals surface area contributed by atoms with Crippen molar-refractivity contribution in [2.45, 2.75) is 19.6 Å². The standard InChI is InChI=1S/C26H33N5O2/c1-29(2)16-19-12-21-15-27-26(33)25(21)22(13-19)24-14-20-11-18(3-4-23(20)28-24)17-31-7-5-30(6-8-31)9-10-32/h3-4,11-14,28,32H,5-10,15-17H2,1-2H3,(H,27,33). The average molecular weight is 448 g/mol. The molecule has 0 aliphatic carbocycles. The van der Waals surface area contributed by atoms with Gasteiger partial charge in [-0.2, -0.15) is 0 Å². The van der Waals surface area contributed by atoms with Crippen molar-refractivity contribution in [2.24, 2.45) is 0 Å². The van der Waals surface area contributed by atoms with Crippen LogP contribution in [0.1, 0.15) is 27.0 Å². The summed E-state index contributed by atoms with van der Waals surface area (Å²) in [5.41, 5.74) is 7.45. The van der Waals surface area contributed by atoms with Gasteiger partial charge in [-0.15, -0.1) is 0 Å². The van der Waals surface area contributed by atoms with Crippen LogP contribution in [0.25, 0.3) is 22.2 Å². The highest BCUT2D eigenvalue weighted by atomic mass is 16.3. The fourth-order valence-corrected chi connectivity index (χ4v) is 5.10. The van der Waals surface area contributed by atoms with Crippen molar-refractivity contribution in [1.82, 2.24) is 25.0 Å². The Morgan fingerprint density at radius 2 is 1.79 bits per heavy atom. The van der Waals surface area contributed by atoms with Crippen LogP contribution in [0.15, 0.2) is 36.4 Å². The number of rotatable bonds is 7. The number of aliphatic hydroxyl groups is 1. The van der Waals surface area contributed by atoms with Crippen LogP contribution in [-0.4, -0.2) is 84.1 Å². The van der Waals surface area contributed by atoms with Crippen LogP contribution in [0.5, 0.6) is 0 Å². The van der Waals surface area contributed by atoms with Crippen molar-refractivity contribution >= 4 is 16.8 Å². The third-order valence-corrected chi connectivity index (χ3v) is 6.71. The summed E-state index contributed by atoms with van der Waals surface area (Å²) in [5.74, 6) is 0.0103. The van der Waals surface area contributed by atoms with Gasteiger partial charge in [0.15, 0.2) is 0 Å². The first-order valence-corrected chi connectivity index (χ1v) is 11.8. The molecule has 3 N–H and O–H groups in total. The number of β-amino-alcohol motifs (C(OH)–C–C–N with tert-alkyl or cyclic N) is 1. The second-order valence-electron chi connectivity index (χ2n) is 9.54. The van der Waals surface area contributed by atoms with Crippen molar-refractivity contribution in [3.8, 4) is 11.3 Å². The predicted octanol–water partition coefficient (Wildman–Crippen LogP) is 2.25. The van der Waals surface area contributed by atoms with E-state index < -0.39 is 0 Å². The maximum atomic E-state index is 12.6. The molecule has 7 heteroatoms. The quantitative estimate of drug-likeness (QED) is 0.518. The minimum absolute atomic E-state index is 0.0103. The number of nitrogens with zero attached hydrogens (tertiary/aromatic N) is 3. The number of carbonyl (C=O) groups excluding carboxylic acids is 1. The minimum Gasteiger partial charge on any atom is -0.395 e. The van der Waals surface area contributed by atoms with E-state index in [1.807, 2.05) is 0 Å². The van der Waals surface area contributed by atoms with Crippen LogP contribution in [0.3, 0.4) is 0 Å². The number of aromatic amines is 1. The topological polar surface area (TPSA) is 74.8 Å². The molecule has 1 saturated heterocycles. The van der Waals surface area contributed by atoms with Gasteiger partial charge in [0.1, 0.15) is 0 Å². The third-order valence-electron chi connectivity index (χ3n) is 6.71. The van der Waals surface area contributed by atoms with Crippen molar-refractivity contribution in [3.05, 3.63) is 58.7 Å². The molecule has 5 rings (SSSR count). The molecule has 0 unspecified atom stereocenters. The number of piperazine rings is 1. The fourth-order valence-electron chi connectivity index (χ4n) is 5.10.